The molecule has 5 nitrogen and oxygen atoms in total. The van der Waals surface area contributed by atoms with Crippen LogP contribution < -0.4 is 5.32 Å². The Kier molecular flexibility index (Phi) is 7.48. The molecule has 0 saturated heterocycles. The Morgan fingerprint density at radius 2 is 1.87 bits per heavy atom. The molecule has 1 rings (SSSR count). The van der Waals surface area contributed by atoms with Crippen LogP contribution in [-0.4, -0.2) is 30.7 Å². The molecule has 1 N–H and O–H groups in total. The minimum atomic E-state index is -0.885. The summed E-state index contributed by atoms with van der Waals surface area (Å²) in [4.78, 5) is 24.0. The van der Waals surface area contributed by atoms with Crippen LogP contribution in [0, 0.1) is 6.92 Å². The van der Waals surface area contributed by atoms with E-state index in [2.05, 4.69) is 11.9 Å². The van der Waals surface area contributed by atoms with E-state index in [1.165, 1.54) is 6.92 Å². The minimum absolute atomic E-state index is 0.167. The highest BCUT2D eigenvalue weighted by atomic mass is 16.6. The van der Waals surface area contributed by atoms with E-state index in [0.29, 0.717) is 0 Å². The predicted molar refractivity (Wildman–Crippen MR) is 88.9 cm³/mol. The zero-order valence-electron chi connectivity index (χ0n) is 14.2. The third-order valence-electron chi connectivity index (χ3n) is 3.47. The number of benzene rings is 1. The Morgan fingerprint density at radius 1 is 1.22 bits per heavy atom. The van der Waals surface area contributed by atoms with Crippen molar-refractivity contribution >= 4 is 11.9 Å². The predicted octanol–water partition coefficient (Wildman–Crippen LogP) is 2.70. The van der Waals surface area contributed by atoms with Gasteiger partial charge in [-0.15, -0.1) is 6.58 Å². The molecule has 1 aromatic rings. The van der Waals surface area contributed by atoms with Gasteiger partial charge in [0.25, 0.3) is 5.91 Å². The molecule has 0 aliphatic heterocycles. The van der Waals surface area contributed by atoms with Gasteiger partial charge in [-0.3, -0.25) is 4.79 Å². The van der Waals surface area contributed by atoms with Crippen LogP contribution >= 0.6 is 0 Å². The molecule has 0 bridgehead atoms. The van der Waals surface area contributed by atoms with Crippen molar-refractivity contribution < 1.29 is 19.1 Å². The van der Waals surface area contributed by atoms with Gasteiger partial charge < -0.3 is 14.8 Å². The zero-order valence-corrected chi connectivity index (χ0v) is 14.2. The second-order valence-electron chi connectivity index (χ2n) is 5.43. The van der Waals surface area contributed by atoms with Gasteiger partial charge in [0.15, 0.2) is 12.2 Å². The number of aryl methyl sites for hydroxylation is 1. The Labute approximate surface area is 137 Å². The molecule has 0 radical (unpaired) electrons. The van der Waals surface area contributed by atoms with E-state index in [-0.39, 0.29) is 18.6 Å². The third-order valence-corrected chi connectivity index (χ3v) is 3.47. The maximum absolute atomic E-state index is 12.2. The lowest BCUT2D eigenvalue weighted by molar-refractivity contribution is -0.164. The topological polar surface area (TPSA) is 64.6 Å². The first-order valence-electron chi connectivity index (χ1n) is 7.65. The van der Waals surface area contributed by atoms with Crippen LogP contribution in [0.4, 0.5) is 0 Å². The molecule has 0 heterocycles. The standard InChI is InChI=1S/C18H25NO4/c1-6-11-22-15(5)18(21)23-14(4)17(20)19-13(3)16-10-8-7-9-12(16)2/h6-10,13-15H,1,11H2,2-5H3,(H,19,20). The first-order valence-corrected chi connectivity index (χ1v) is 7.65. The van der Waals surface area contributed by atoms with E-state index in [1.807, 2.05) is 38.1 Å². The number of rotatable bonds is 8. The Bertz CT molecular complexity index is 556. The van der Waals surface area contributed by atoms with E-state index in [1.54, 1.807) is 13.0 Å². The summed E-state index contributed by atoms with van der Waals surface area (Å²) in [5.41, 5.74) is 2.12. The van der Waals surface area contributed by atoms with Gasteiger partial charge in [-0.2, -0.15) is 0 Å². The van der Waals surface area contributed by atoms with Crippen molar-refractivity contribution in [3.05, 3.63) is 48.0 Å². The highest BCUT2D eigenvalue weighted by molar-refractivity contribution is 5.84. The van der Waals surface area contributed by atoms with E-state index in [0.717, 1.165) is 11.1 Å². The summed E-state index contributed by atoms with van der Waals surface area (Å²) in [5, 5.41) is 2.85. The first kappa shape index (κ1) is 18.9. The molecule has 126 valence electrons. The number of amides is 1. The Morgan fingerprint density at radius 3 is 2.48 bits per heavy atom. The van der Waals surface area contributed by atoms with Gasteiger partial charge in [0.05, 0.1) is 12.6 Å². The van der Waals surface area contributed by atoms with E-state index in [9.17, 15) is 9.59 Å². The van der Waals surface area contributed by atoms with Crippen LogP contribution in [-0.2, 0) is 19.1 Å². The zero-order chi connectivity index (χ0) is 17.4. The van der Waals surface area contributed by atoms with Gasteiger partial charge in [-0.25, -0.2) is 4.79 Å². The van der Waals surface area contributed by atoms with E-state index >= 15 is 0 Å². The summed E-state index contributed by atoms with van der Waals surface area (Å²) in [7, 11) is 0. The number of esters is 1. The number of carbonyl (C=O) groups is 2. The number of ether oxygens (including phenoxy) is 2. The number of nitrogens with one attached hydrogen (secondary N) is 1. The molecule has 0 aliphatic rings. The average Bonchev–Trinajstić information content (AvgIpc) is 2.52. The maximum atomic E-state index is 12.2. The van der Waals surface area contributed by atoms with Gasteiger partial charge in [0.1, 0.15) is 0 Å². The summed E-state index contributed by atoms with van der Waals surface area (Å²) in [6.07, 6.45) is -0.0788. The van der Waals surface area contributed by atoms with Crippen LogP contribution in [0.3, 0.4) is 0 Å². The molecule has 0 saturated carbocycles. The second-order valence-corrected chi connectivity index (χ2v) is 5.43. The van der Waals surface area contributed by atoms with Crippen LogP contribution in [0.5, 0.6) is 0 Å². The molecular formula is C18H25NO4. The molecule has 0 aliphatic carbocycles. The monoisotopic (exact) mass is 319 g/mol. The highest BCUT2D eigenvalue weighted by Gasteiger charge is 2.23. The summed E-state index contributed by atoms with van der Waals surface area (Å²) < 4.78 is 10.3. The fraction of sp³-hybridized carbons (Fsp3) is 0.444. The molecule has 1 amide bonds. The van der Waals surface area contributed by atoms with Crippen molar-refractivity contribution in [1.82, 2.24) is 5.32 Å². The lowest BCUT2D eigenvalue weighted by atomic mass is 10.0. The molecule has 23 heavy (non-hydrogen) atoms. The van der Waals surface area contributed by atoms with Crippen molar-refractivity contribution in [2.24, 2.45) is 0 Å². The number of hydrogen-bond acceptors (Lipinski definition) is 4. The SMILES string of the molecule is C=CCOC(C)C(=O)OC(C)C(=O)NC(C)c1ccccc1C. The van der Waals surface area contributed by atoms with Crippen LogP contribution in [0.25, 0.3) is 0 Å². The first-order chi connectivity index (χ1) is 10.9. The van der Waals surface area contributed by atoms with Crippen LogP contribution in [0.15, 0.2) is 36.9 Å². The van der Waals surface area contributed by atoms with Gasteiger partial charge >= 0.3 is 5.97 Å². The van der Waals surface area contributed by atoms with Gasteiger partial charge in [-0.1, -0.05) is 30.3 Å². The van der Waals surface area contributed by atoms with Crippen molar-refractivity contribution in [3.63, 3.8) is 0 Å². The fourth-order valence-corrected chi connectivity index (χ4v) is 2.09. The smallest absolute Gasteiger partial charge is 0.335 e. The molecule has 0 aromatic heterocycles. The third kappa shape index (κ3) is 5.87. The maximum Gasteiger partial charge on any atom is 0.335 e. The highest BCUT2D eigenvalue weighted by Crippen LogP contribution is 2.16. The summed E-state index contributed by atoms with van der Waals surface area (Å²) in [5.74, 6) is -0.914. The Hall–Kier alpha value is -2.14. The quantitative estimate of drug-likeness (QED) is 0.591. The molecule has 3 atom stereocenters. The van der Waals surface area contributed by atoms with Crippen LogP contribution in [0.2, 0.25) is 0 Å². The van der Waals surface area contributed by atoms with Crippen LogP contribution in [0.1, 0.15) is 37.9 Å². The average molecular weight is 319 g/mol. The lowest BCUT2D eigenvalue weighted by Gasteiger charge is -2.20. The van der Waals surface area contributed by atoms with Gasteiger partial charge in [0.2, 0.25) is 0 Å². The number of carbonyl (C=O) groups excluding carboxylic acids is 2. The normalized spacial score (nSPS) is 14.4. The number of hydrogen-bond donors (Lipinski definition) is 1. The summed E-state index contributed by atoms with van der Waals surface area (Å²) >= 11 is 0. The fourth-order valence-electron chi connectivity index (χ4n) is 2.09. The summed E-state index contributed by atoms with van der Waals surface area (Å²) in [6, 6.07) is 7.65. The van der Waals surface area contributed by atoms with E-state index in [4.69, 9.17) is 9.47 Å². The molecular weight excluding hydrogens is 294 g/mol. The van der Waals surface area contributed by atoms with Crippen molar-refractivity contribution in [1.29, 1.82) is 0 Å². The van der Waals surface area contributed by atoms with E-state index < -0.39 is 18.2 Å². The second kappa shape index (κ2) is 9.10. The van der Waals surface area contributed by atoms with Gasteiger partial charge in [0, 0.05) is 0 Å². The minimum Gasteiger partial charge on any atom is -0.451 e. The molecule has 0 spiro atoms. The van der Waals surface area contributed by atoms with Crippen molar-refractivity contribution in [2.75, 3.05) is 6.61 Å². The molecule has 0 fully saturated rings. The molecule has 1 aromatic carbocycles. The Balaban J connectivity index is 2.55. The van der Waals surface area contributed by atoms with Crippen molar-refractivity contribution in [2.45, 2.75) is 45.9 Å². The lowest BCUT2D eigenvalue weighted by Crippen LogP contribution is -2.39. The molecule has 3 unspecified atom stereocenters. The van der Waals surface area contributed by atoms with Gasteiger partial charge in [-0.05, 0) is 38.8 Å². The largest absolute Gasteiger partial charge is 0.451 e. The van der Waals surface area contributed by atoms with Crippen molar-refractivity contribution in [3.8, 4) is 0 Å². The molecule has 5 heteroatoms. The summed E-state index contributed by atoms with van der Waals surface area (Å²) in [6.45, 7) is 10.8.